The third-order valence-corrected chi connectivity index (χ3v) is 4.30. The van der Waals surface area contributed by atoms with Gasteiger partial charge in [-0.05, 0) is 30.0 Å². The highest BCUT2D eigenvalue weighted by molar-refractivity contribution is 5.81. The molecule has 0 spiro atoms. The summed E-state index contributed by atoms with van der Waals surface area (Å²) in [4.78, 5) is 22.7. The Morgan fingerprint density at radius 2 is 1.70 bits per heavy atom. The monoisotopic (exact) mass is 376 g/mol. The molecule has 1 aromatic rings. The number of carbonyl (C=O) groups excluding carboxylic acids is 2. The van der Waals surface area contributed by atoms with E-state index in [1.165, 1.54) is 32.1 Å². The number of unbranched alkanes of at least 4 members (excludes halogenated alkanes) is 6. The molecule has 0 bridgehead atoms. The van der Waals surface area contributed by atoms with Gasteiger partial charge in [-0.15, -0.1) is 0 Å². The van der Waals surface area contributed by atoms with Crippen molar-refractivity contribution in [3.8, 4) is 5.75 Å². The first-order valence-electron chi connectivity index (χ1n) is 9.82. The number of phenolic OH excluding ortho intramolecular Hbond substituents is 1. The quantitative estimate of drug-likeness (QED) is 0.294. The van der Waals surface area contributed by atoms with Crippen LogP contribution in [0.25, 0.3) is 0 Å². The Bertz CT molecular complexity index is 594. The molecule has 1 rings (SSSR count). The van der Waals surface area contributed by atoms with Crippen LogP contribution < -0.4 is 0 Å². The van der Waals surface area contributed by atoms with Gasteiger partial charge >= 0.3 is 11.9 Å². The van der Waals surface area contributed by atoms with Crippen LogP contribution in [0.2, 0.25) is 0 Å². The minimum atomic E-state index is -0.542. The lowest BCUT2D eigenvalue weighted by Gasteiger charge is -2.09. The van der Waals surface area contributed by atoms with Gasteiger partial charge in [0.15, 0.2) is 0 Å². The molecule has 0 fully saturated rings. The number of ether oxygens (including phenoxy) is 2. The summed E-state index contributed by atoms with van der Waals surface area (Å²) in [5.41, 5.74) is 1.67. The van der Waals surface area contributed by atoms with Crippen molar-refractivity contribution in [2.45, 2.75) is 64.7 Å². The Hall–Kier alpha value is -2.30. The van der Waals surface area contributed by atoms with Crippen LogP contribution in [0.15, 0.2) is 30.9 Å². The Morgan fingerprint density at radius 1 is 1.04 bits per heavy atom. The minimum Gasteiger partial charge on any atom is -0.508 e. The first kappa shape index (κ1) is 22.7. The zero-order valence-corrected chi connectivity index (χ0v) is 16.4. The summed E-state index contributed by atoms with van der Waals surface area (Å²) < 4.78 is 9.79. The fourth-order valence-electron chi connectivity index (χ4n) is 2.80. The second kappa shape index (κ2) is 13.8. The lowest BCUT2D eigenvalue weighted by Crippen LogP contribution is -2.14. The number of rotatable bonds is 14. The molecule has 1 aromatic carbocycles. The summed E-state index contributed by atoms with van der Waals surface area (Å²) in [6.45, 7) is 5.52. The molecule has 0 heterocycles. The molecule has 27 heavy (non-hydrogen) atoms. The maximum Gasteiger partial charge on any atom is 0.330 e. The van der Waals surface area contributed by atoms with E-state index in [0.29, 0.717) is 0 Å². The predicted octanol–water partition coefficient (Wildman–Crippen LogP) is 4.50. The van der Waals surface area contributed by atoms with Gasteiger partial charge in [0.25, 0.3) is 0 Å². The van der Waals surface area contributed by atoms with Gasteiger partial charge in [-0.3, -0.25) is 4.79 Å². The highest BCUT2D eigenvalue weighted by Crippen LogP contribution is 2.22. The number of aromatic hydroxyl groups is 1. The van der Waals surface area contributed by atoms with Gasteiger partial charge in [0.1, 0.15) is 19.0 Å². The Balaban J connectivity index is 2.33. The van der Waals surface area contributed by atoms with Gasteiger partial charge in [-0.1, -0.05) is 64.2 Å². The highest BCUT2D eigenvalue weighted by Gasteiger charge is 2.09. The molecule has 0 aliphatic carbocycles. The summed E-state index contributed by atoms with van der Waals surface area (Å²) in [6, 6.07) is 5.22. The van der Waals surface area contributed by atoms with Gasteiger partial charge in [-0.2, -0.15) is 0 Å². The van der Waals surface area contributed by atoms with Crippen LogP contribution in [-0.2, 0) is 31.9 Å². The van der Waals surface area contributed by atoms with Crippen molar-refractivity contribution in [3.05, 3.63) is 42.0 Å². The molecule has 0 atom stereocenters. The summed E-state index contributed by atoms with van der Waals surface area (Å²) in [6.07, 6.45) is 10.5. The standard InChI is InChI=1S/C22H32O5/c1-3-5-6-7-8-9-10-11-19-16-18(12-13-20(19)23)17-22(25)27-15-14-26-21(24)4-2/h4,12-13,16,23H,2-3,5-11,14-15,17H2,1H3. The second-order valence-electron chi connectivity index (χ2n) is 6.60. The van der Waals surface area contributed by atoms with Gasteiger partial charge in [-0.25, -0.2) is 4.79 Å². The van der Waals surface area contributed by atoms with E-state index in [4.69, 9.17) is 9.47 Å². The fraction of sp³-hybridized carbons (Fsp3) is 0.545. The maximum absolute atomic E-state index is 11.9. The average molecular weight is 376 g/mol. The largest absolute Gasteiger partial charge is 0.508 e. The topological polar surface area (TPSA) is 72.8 Å². The zero-order chi connectivity index (χ0) is 19.9. The first-order valence-corrected chi connectivity index (χ1v) is 9.82. The number of esters is 2. The van der Waals surface area contributed by atoms with Gasteiger partial charge in [0.2, 0.25) is 0 Å². The molecule has 0 aliphatic heterocycles. The van der Waals surface area contributed by atoms with E-state index in [2.05, 4.69) is 13.5 Å². The van der Waals surface area contributed by atoms with E-state index in [1.807, 2.05) is 6.07 Å². The Labute approximate surface area is 162 Å². The summed E-state index contributed by atoms with van der Waals surface area (Å²) in [5.74, 6) is -0.661. The fourth-order valence-corrected chi connectivity index (χ4v) is 2.80. The lowest BCUT2D eigenvalue weighted by molar-refractivity contribution is -0.149. The molecule has 0 saturated carbocycles. The lowest BCUT2D eigenvalue weighted by atomic mass is 10.0. The summed E-state index contributed by atoms with van der Waals surface area (Å²) in [7, 11) is 0. The molecule has 0 aliphatic rings. The van der Waals surface area contributed by atoms with Crippen LogP contribution in [0.1, 0.15) is 63.0 Å². The molecular formula is C22H32O5. The maximum atomic E-state index is 11.9. The number of aryl methyl sites for hydroxylation is 1. The van der Waals surface area contributed by atoms with Crippen molar-refractivity contribution in [1.82, 2.24) is 0 Å². The third kappa shape index (κ3) is 10.4. The van der Waals surface area contributed by atoms with Gasteiger partial charge < -0.3 is 14.6 Å². The molecule has 1 N–H and O–H groups in total. The normalized spacial score (nSPS) is 10.4. The van der Waals surface area contributed by atoms with Crippen LogP contribution in [-0.4, -0.2) is 30.3 Å². The average Bonchev–Trinajstić information content (AvgIpc) is 2.66. The SMILES string of the molecule is C=CC(=O)OCCOC(=O)Cc1ccc(O)c(CCCCCCCCC)c1. The summed E-state index contributed by atoms with van der Waals surface area (Å²) in [5, 5.41) is 10.0. The third-order valence-electron chi connectivity index (χ3n) is 4.30. The first-order chi connectivity index (χ1) is 13.1. The van der Waals surface area contributed by atoms with Crippen LogP contribution in [0.4, 0.5) is 0 Å². The molecular weight excluding hydrogens is 344 g/mol. The van der Waals surface area contributed by atoms with Crippen molar-refractivity contribution in [3.63, 3.8) is 0 Å². The number of phenols is 1. The van der Waals surface area contributed by atoms with Crippen molar-refractivity contribution >= 4 is 11.9 Å². The van der Waals surface area contributed by atoms with E-state index in [9.17, 15) is 14.7 Å². The molecule has 0 radical (unpaired) electrons. The second-order valence-corrected chi connectivity index (χ2v) is 6.60. The summed E-state index contributed by atoms with van der Waals surface area (Å²) >= 11 is 0. The van der Waals surface area contributed by atoms with E-state index in [-0.39, 0.29) is 25.4 Å². The Kier molecular flexibility index (Phi) is 11.7. The number of carbonyl (C=O) groups is 2. The van der Waals surface area contributed by atoms with Crippen molar-refractivity contribution in [2.75, 3.05) is 13.2 Å². The van der Waals surface area contributed by atoms with Crippen LogP contribution in [0, 0.1) is 0 Å². The molecule has 150 valence electrons. The number of hydrogen-bond acceptors (Lipinski definition) is 5. The van der Waals surface area contributed by atoms with Crippen LogP contribution in [0.5, 0.6) is 5.75 Å². The molecule has 0 saturated heterocycles. The van der Waals surface area contributed by atoms with E-state index < -0.39 is 11.9 Å². The molecule has 0 aromatic heterocycles. The molecule has 0 amide bonds. The highest BCUT2D eigenvalue weighted by atomic mass is 16.6. The van der Waals surface area contributed by atoms with E-state index in [1.54, 1.807) is 12.1 Å². The predicted molar refractivity (Wildman–Crippen MR) is 106 cm³/mol. The molecule has 5 heteroatoms. The Morgan fingerprint density at radius 3 is 2.41 bits per heavy atom. The minimum absolute atomic E-state index is 0.00960. The zero-order valence-electron chi connectivity index (χ0n) is 16.4. The van der Waals surface area contributed by atoms with Crippen molar-refractivity contribution in [2.24, 2.45) is 0 Å². The van der Waals surface area contributed by atoms with E-state index >= 15 is 0 Å². The number of benzene rings is 1. The number of hydrogen-bond donors (Lipinski definition) is 1. The van der Waals surface area contributed by atoms with Gasteiger partial charge in [0.05, 0.1) is 6.42 Å². The molecule has 5 nitrogen and oxygen atoms in total. The van der Waals surface area contributed by atoms with Crippen molar-refractivity contribution in [1.29, 1.82) is 0 Å². The molecule has 0 unspecified atom stereocenters. The van der Waals surface area contributed by atoms with Gasteiger partial charge in [0, 0.05) is 6.08 Å². The van der Waals surface area contributed by atoms with Crippen LogP contribution >= 0.6 is 0 Å². The van der Waals surface area contributed by atoms with Crippen LogP contribution in [0.3, 0.4) is 0 Å². The van der Waals surface area contributed by atoms with E-state index in [0.717, 1.165) is 36.5 Å². The smallest absolute Gasteiger partial charge is 0.330 e. The van der Waals surface area contributed by atoms with Crippen molar-refractivity contribution < 1.29 is 24.2 Å².